The highest BCUT2D eigenvalue weighted by atomic mass is 16.7. The van der Waals surface area contributed by atoms with Crippen LogP contribution in [0, 0.1) is 0 Å². The van der Waals surface area contributed by atoms with Gasteiger partial charge >= 0.3 is 23.9 Å². The minimum atomic E-state index is -1.65. The smallest absolute Gasteiger partial charge is 0.359 e. The fourth-order valence-corrected chi connectivity index (χ4v) is 2.87. The molecule has 3 rings (SSSR count). The summed E-state index contributed by atoms with van der Waals surface area (Å²) in [6.07, 6.45) is -3.63. The third-order valence-corrected chi connectivity index (χ3v) is 4.47. The Balaban J connectivity index is 1.60. The Morgan fingerprint density at radius 2 is 1.06 bits per heavy atom. The second-order valence-corrected chi connectivity index (χ2v) is 6.61. The second-order valence-electron chi connectivity index (χ2n) is 6.61. The molecule has 1 aliphatic rings. The normalized spacial score (nSPS) is 17.6. The Bertz CT molecular complexity index is 884. The molecule has 0 bridgehead atoms. The summed E-state index contributed by atoms with van der Waals surface area (Å²) in [7, 11) is 3.03. The Kier molecular flexibility index (Phi) is 6.86. The molecule has 1 fully saturated rings. The summed E-state index contributed by atoms with van der Waals surface area (Å²) in [4.78, 5) is 48.3. The molecule has 31 heavy (non-hydrogen) atoms. The molecule has 0 radical (unpaired) electrons. The van der Waals surface area contributed by atoms with Gasteiger partial charge in [0.05, 0.1) is 27.1 Å². The molecule has 2 aromatic rings. The molecule has 162 valence electrons. The van der Waals surface area contributed by atoms with Crippen molar-refractivity contribution in [2.45, 2.75) is 25.0 Å². The van der Waals surface area contributed by atoms with Crippen molar-refractivity contribution in [2.75, 3.05) is 14.2 Å². The fraction of sp³-hybridized carbons (Fsp3) is 0.273. The quantitative estimate of drug-likeness (QED) is 0.349. The molecule has 0 unspecified atom stereocenters. The van der Waals surface area contributed by atoms with Crippen LogP contribution < -0.4 is 9.47 Å². The molecule has 0 amide bonds. The van der Waals surface area contributed by atoms with E-state index in [-0.39, 0.29) is 12.8 Å². The maximum atomic E-state index is 12.2. The van der Waals surface area contributed by atoms with Crippen LogP contribution in [0.5, 0.6) is 11.5 Å². The van der Waals surface area contributed by atoms with Crippen LogP contribution in [-0.2, 0) is 46.2 Å². The maximum Gasteiger partial charge on any atom is 0.359 e. The molecule has 0 aromatic heterocycles. The number of hydrogen-bond acceptors (Lipinski definition) is 9. The van der Waals surface area contributed by atoms with Crippen molar-refractivity contribution in [2.24, 2.45) is 0 Å². The van der Waals surface area contributed by atoms with E-state index in [1.54, 1.807) is 48.5 Å². The van der Waals surface area contributed by atoms with E-state index >= 15 is 0 Å². The van der Waals surface area contributed by atoms with Crippen LogP contribution >= 0.6 is 0 Å². The lowest BCUT2D eigenvalue weighted by atomic mass is 10.1. The number of esters is 4. The topological polar surface area (TPSA) is 114 Å². The molecule has 2 atom stereocenters. The van der Waals surface area contributed by atoms with Gasteiger partial charge in [-0.1, -0.05) is 24.3 Å². The molecule has 9 nitrogen and oxygen atoms in total. The molecular formula is C22H20O9. The molecular weight excluding hydrogens is 408 g/mol. The predicted octanol–water partition coefficient (Wildman–Crippen LogP) is 1.40. The van der Waals surface area contributed by atoms with Gasteiger partial charge in [0.25, 0.3) is 0 Å². The monoisotopic (exact) mass is 428 g/mol. The first-order valence-corrected chi connectivity index (χ1v) is 9.30. The van der Waals surface area contributed by atoms with Crippen LogP contribution in [0.15, 0.2) is 48.5 Å². The zero-order chi connectivity index (χ0) is 22.4. The summed E-state index contributed by atoms with van der Waals surface area (Å²) in [6, 6.07) is 13.3. The Labute approximate surface area is 177 Å². The van der Waals surface area contributed by atoms with E-state index in [9.17, 15) is 19.2 Å². The Morgan fingerprint density at radius 1 is 0.710 bits per heavy atom. The summed E-state index contributed by atoms with van der Waals surface area (Å²) >= 11 is 0. The molecule has 9 heteroatoms. The number of hydrogen-bond donors (Lipinski definition) is 0. The predicted molar refractivity (Wildman–Crippen MR) is 104 cm³/mol. The number of carbonyl (C=O) groups is 4. The van der Waals surface area contributed by atoms with Gasteiger partial charge in [-0.2, -0.15) is 0 Å². The van der Waals surface area contributed by atoms with Crippen LogP contribution in [-0.4, -0.2) is 50.3 Å². The van der Waals surface area contributed by atoms with Crippen LogP contribution in [0.1, 0.15) is 11.1 Å². The first-order chi connectivity index (χ1) is 14.9. The van der Waals surface area contributed by atoms with Gasteiger partial charge in [-0.25, -0.2) is 9.59 Å². The highest BCUT2D eigenvalue weighted by Crippen LogP contribution is 2.20. The van der Waals surface area contributed by atoms with Gasteiger partial charge in [0.15, 0.2) is 0 Å². The van der Waals surface area contributed by atoms with E-state index in [4.69, 9.17) is 18.9 Å². The van der Waals surface area contributed by atoms with E-state index in [0.717, 1.165) is 0 Å². The Morgan fingerprint density at radius 3 is 1.39 bits per heavy atom. The molecule has 2 aromatic carbocycles. The first kappa shape index (κ1) is 21.8. The number of carbonyl (C=O) groups excluding carboxylic acids is 4. The van der Waals surface area contributed by atoms with Crippen LogP contribution in [0.25, 0.3) is 0 Å². The van der Waals surface area contributed by atoms with Crippen molar-refractivity contribution in [3.8, 4) is 11.5 Å². The third-order valence-electron chi connectivity index (χ3n) is 4.47. The molecule has 0 spiro atoms. The third kappa shape index (κ3) is 5.59. The van der Waals surface area contributed by atoms with Crippen molar-refractivity contribution in [1.82, 2.24) is 0 Å². The lowest BCUT2D eigenvalue weighted by molar-refractivity contribution is -0.169. The van der Waals surface area contributed by atoms with Gasteiger partial charge in [0, 0.05) is 0 Å². The summed E-state index contributed by atoms with van der Waals surface area (Å²) in [5, 5.41) is 0. The van der Waals surface area contributed by atoms with Crippen molar-refractivity contribution in [3.05, 3.63) is 59.7 Å². The van der Waals surface area contributed by atoms with Gasteiger partial charge in [0.2, 0.25) is 12.2 Å². The van der Waals surface area contributed by atoms with Crippen LogP contribution in [0.4, 0.5) is 0 Å². The molecule has 0 aliphatic carbocycles. The number of ether oxygens (including phenoxy) is 5. The van der Waals surface area contributed by atoms with E-state index in [0.29, 0.717) is 22.6 Å². The highest BCUT2D eigenvalue weighted by molar-refractivity contribution is 6.01. The number of cyclic esters (lactones) is 2. The fourth-order valence-electron chi connectivity index (χ4n) is 2.87. The minimum absolute atomic E-state index is 0.158. The number of benzene rings is 2. The zero-order valence-corrected chi connectivity index (χ0v) is 16.9. The largest absolute Gasteiger partial charge is 0.497 e. The van der Waals surface area contributed by atoms with Gasteiger partial charge in [-0.15, -0.1) is 0 Å². The van der Waals surface area contributed by atoms with Gasteiger partial charge in [0.1, 0.15) is 11.5 Å². The van der Waals surface area contributed by atoms with Crippen molar-refractivity contribution >= 4 is 23.9 Å². The van der Waals surface area contributed by atoms with E-state index in [1.807, 2.05) is 0 Å². The summed E-state index contributed by atoms with van der Waals surface area (Å²) in [5.41, 5.74) is 1.22. The van der Waals surface area contributed by atoms with Crippen molar-refractivity contribution in [1.29, 1.82) is 0 Å². The average molecular weight is 428 g/mol. The average Bonchev–Trinajstić information content (AvgIpc) is 3.01. The number of methoxy groups -OCH3 is 2. The molecule has 0 saturated carbocycles. The first-order valence-electron chi connectivity index (χ1n) is 9.30. The van der Waals surface area contributed by atoms with Gasteiger partial charge in [-0.05, 0) is 35.4 Å². The minimum Gasteiger partial charge on any atom is -0.497 e. The summed E-state index contributed by atoms with van der Waals surface area (Å²) in [5.74, 6) is -2.50. The molecule has 1 heterocycles. The highest BCUT2D eigenvalue weighted by Gasteiger charge is 2.50. The summed E-state index contributed by atoms with van der Waals surface area (Å²) < 4.78 is 24.7. The van der Waals surface area contributed by atoms with Gasteiger partial charge in [-0.3, -0.25) is 9.59 Å². The summed E-state index contributed by atoms with van der Waals surface area (Å²) in [6.45, 7) is 0. The molecule has 1 aliphatic heterocycles. The van der Waals surface area contributed by atoms with Crippen molar-refractivity contribution < 1.29 is 42.9 Å². The number of rotatable bonds is 8. The molecule has 0 N–H and O–H groups in total. The lowest BCUT2D eigenvalue weighted by Crippen LogP contribution is -2.38. The van der Waals surface area contributed by atoms with Gasteiger partial charge < -0.3 is 23.7 Å². The van der Waals surface area contributed by atoms with Crippen LogP contribution in [0.2, 0.25) is 0 Å². The zero-order valence-electron chi connectivity index (χ0n) is 16.9. The van der Waals surface area contributed by atoms with E-state index < -0.39 is 36.1 Å². The second kappa shape index (κ2) is 9.75. The standard InChI is InChI=1S/C22H20O9/c1-27-15-7-3-13(4-8-15)11-17(23)29-19-20(22(26)31-21(19)25)30-18(24)12-14-5-9-16(28-2)10-6-14/h3-10,19-20H,11-12H2,1-2H3/t19-,20-/m1/s1. The van der Waals surface area contributed by atoms with Crippen molar-refractivity contribution in [3.63, 3.8) is 0 Å². The Hall–Kier alpha value is -3.88. The van der Waals surface area contributed by atoms with E-state index in [2.05, 4.69) is 4.74 Å². The van der Waals surface area contributed by atoms with E-state index in [1.165, 1.54) is 14.2 Å². The lowest BCUT2D eigenvalue weighted by Gasteiger charge is -2.15. The van der Waals surface area contributed by atoms with Crippen LogP contribution in [0.3, 0.4) is 0 Å². The SMILES string of the molecule is COc1ccc(CC(=O)O[C@H]2C(=O)OC(=O)[C@@H]2OC(=O)Cc2ccc(OC)cc2)cc1. The molecule has 1 saturated heterocycles. The maximum absolute atomic E-state index is 12.2.